The van der Waals surface area contributed by atoms with Gasteiger partial charge in [0.15, 0.2) is 0 Å². The molecule has 0 amide bonds. The molecule has 0 spiro atoms. The predicted molar refractivity (Wildman–Crippen MR) is 69.4 cm³/mol. The van der Waals surface area contributed by atoms with Crippen LogP contribution in [0.15, 0.2) is 24.3 Å². The van der Waals surface area contributed by atoms with E-state index in [-0.39, 0.29) is 12.0 Å². The lowest BCUT2D eigenvalue weighted by Crippen LogP contribution is -2.22. The maximum Gasteiger partial charge on any atom is 0.123 e. The molecule has 17 heavy (non-hydrogen) atoms. The monoisotopic (exact) mass is 234 g/mol. The van der Waals surface area contributed by atoms with Crippen LogP contribution in [0.3, 0.4) is 0 Å². The summed E-state index contributed by atoms with van der Waals surface area (Å²) in [5.74, 6) is 1.73. The first-order valence-electron chi connectivity index (χ1n) is 6.66. The summed E-state index contributed by atoms with van der Waals surface area (Å²) in [6.07, 6.45) is 2.89. The van der Waals surface area contributed by atoms with E-state index in [0.29, 0.717) is 12.5 Å². The van der Waals surface area contributed by atoms with Gasteiger partial charge in [-0.05, 0) is 18.4 Å². The highest BCUT2D eigenvalue weighted by Gasteiger charge is 2.30. The van der Waals surface area contributed by atoms with Gasteiger partial charge in [0.2, 0.25) is 0 Å². The normalized spacial score (nSPS) is 20.1. The molecule has 0 aromatic heterocycles. The van der Waals surface area contributed by atoms with Crippen molar-refractivity contribution >= 4 is 0 Å². The zero-order chi connectivity index (χ0) is 12.3. The molecule has 0 bridgehead atoms. The summed E-state index contributed by atoms with van der Waals surface area (Å²) in [4.78, 5) is 0. The molecule has 0 saturated heterocycles. The van der Waals surface area contributed by atoms with Crippen LogP contribution in [0.4, 0.5) is 0 Å². The Morgan fingerprint density at radius 3 is 2.71 bits per heavy atom. The first kappa shape index (κ1) is 12.4. The third-order valence-electron chi connectivity index (χ3n) is 3.93. The van der Waals surface area contributed by atoms with E-state index in [1.54, 1.807) is 0 Å². The first-order chi connectivity index (χ1) is 8.26. The van der Waals surface area contributed by atoms with E-state index >= 15 is 0 Å². The first-order valence-corrected chi connectivity index (χ1v) is 6.66. The van der Waals surface area contributed by atoms with Crippen LogP contribution in [0.1, 0.15) is 44.6 Å². The van der Waals surface area contributed by atoms with Gasteiger partial charge >= 0.3 is 0 Å². The van der Waals surface area contributed by atoms with Crippen LogP contribution < -0.4 is 4.74 Å². The molecule has 2 nitrogen and oxygen atoms in total. The van der Waals surface area contributed by atoms with Crippen LogP contribution in [-0.4, -0.2) is 17.8 Å². The van der Waals surface area contributed by atoms with Crippen molar-refractivity contribution in [3.63, 3.8) is 0 Å². The Balaban J connectivity index is 2.04. The molecule has 0 saturated carbocycles. The molecular weight excluding hydrogens is 212 g/mol. The Morgan fingerprint density at radius 2 is 2.00 bits per heavy atom. The highest BCUT2D eigenvalue weighted by atomic mass is 16.5. The van der Waals surface area contributed by atoms with E-state index in [0.717, 1.165) is 25.0 Å². The van der Waals surface area contributed by atoms with E-state index < -0.39 is 0 Å². The van der Waals surface area contributed by atoms with Gasteiger partial charge in [-0.25, -0.2) is 0 Å². The summed E-state index contributed by atoms with van der Waals surface area (Å²) < 4.78 is 5.62. The third kappa shape index (κ3) is 2.63. The van der Waals surface area contributed by atoms with Crippen LogP contribution in [-0.2, 0) is 0 Å². The number of hydrogen-bond donors (Lipinski definition) is 1. The fraction of sp³-hybridized carbons (Fsp3) is 0.600. The van der Waals surface area contributed by atoms with E-state index in [9.17, 15) is 5.11 Å². The average molecular weight is 234 g/mol. The van der Waals surface area contributed by atoms with E-state index in [1.807, 2.05) is 18.2 Å². The van der Waals surface area contributed by atoms with Gasteiger partial charge in [-0.1, -0.05) is 44.9 Å². The molecule has 0 fully saturated rings. The number of para-hydroxylation sites is 1. The van der Waals surface area contributed by atoms with Gasteiger partial charge in [0.1, 0.15) is 5.75 Å². The zero-order valence-electron chi connectivity index (χ0n) is 10.7. The minimum Gasteiger partial charge on any atom is -0.493 e. The highest BCUT2D eigenvalue weighted by Crippen LogP contribution is 2.37. The summed E-state index contributed by atoms with van der Waals surface area (Å²) in [6.45, 7) is 5.01. The molecular formula is C15H22O2. The van der Waals surface area contributed by atoms with Crippen molar-refractivity contribution in [2.45, 2.75) is 45.1 Å². The van der Waals surface area contributed by atoms with Crippen LogP contribution in [0.25, 0.3) is 0 Å². The van der Waals surface area contributed by atoms with Gasteiger partial charge in [0, 0.05) is 11.5 Å². The Kier molecular flexibility index (Phi) is 4.06. The number of benzene rings is 1. The molecule has 2 unspecified atom stereocenters. The van der Waals surface area contributed by atoms with E-state index in [1.165, 1.54) is 5.56 Å². The van der Waals surface area contributed by atoms with E-state index in [4.69, 9.17) is 4.74 Å². The number of aliphatic hydroxyl groups excluding tert-OH is 1. The van der Waals surface area contributed by atoms with Crippen molar-refractivity contribution in [1.82, 2.24) is 0 Å². The maximum atomic E-state index is 10.3. The van der Waals surface area contributed by atoms with Crippen LogP contribution in [0, 0.1) is 5.92 Å². The molecule has 1 N–H and O–H groups in total. The Hall–Kier alpha value is -1.02. The Morgan fingerprint density at radius 1 is 1.29 bits per heavy atom. The lowest BCUT2D eigenvalue weighted by molar-refractivity contribution is 0.101. The summed E-state index contributed by atoms with van der Waals surface area (Å²) in [5.41, 5.74) is 1.17. The number of ether oxygens (including phenoxy) is 1. The van der Waals surface area contributed by atoms with Crippen molar-refractivity contribution in [2.75, 3.05) is 6.61 Å². The molecule has 0 radical (unpaired) electrons. The zero-order valence-corrected chi connectivity index (χ0v) is 10.7. The Labute approximate surface area is 104 Å². The lowest BCUT2D eigenvalue weighted by Gasteiger charge is -2.21. The second-order valence-electron chi connectivity index (χ2n) is 4.94. The Bertz CT molecular complexity index is 358. The second kappa shape index (κ2) is 5.54. The summed E-state index contributed by atoms with van der Waals surface area (Å²) >= 11 is 0. The highest BCUT2D eigenvalue weighted by molar-refractivity contribution is 5.40. The fourth-order valence-electron chi connectivity index (χ4n) is 2.63. The number of hydrogen-bond acceptors (Lipinski definition) is 2. The lowest BCUT2D eigenvalue weighted by atomic mass is 9.87. The van der Waals surface area contributed by atoms with Gasteiger partial charge in [-0.3, -0.25) is 0 Å². The van der Waals surface area contributed by atoms with E-state index in [2.05, 4.69) is 19.9 Å². The van der Waals surface area contributed by atoms with Crippen molar-refractivity contribution in [1.29, 1.82) is 0 Å². The number of fused-ring (bicyclic) bond motifs is 1. The predicted octanol–water partition coefficient (Wildman–Crippen LogP) is 3.35. The molecule has 1 aromatic carbocycles. The van der Waals surface area contributed by atoms with Crippen molar-refractivity contribution < 1.29 is 9.84 Å². The molecule has 94 valence electrons. The largest absolute Gasteiger partial charge is 0.493 e. The summed E-state index contributed by atoms with van der Waals surface area (Å²) in [6, 6.07) is 8.06. The second-order valence-corrected chi connectivity index (χ2v) is 4.94. The molecule has 2 rings (SSSR count). The molecule has 2 heteroatoms. The van der Waals surface area contributed by atoms with Crippen LogP contribution in [0.2, 0.25) is 0 Å². The van der Waals surface area contributed by atoms with Gasteiger partial charge in [0.25, 0.3) is 0 Å². The quantitative estimate of drug-likeness (QED) is 0.846. The molecule has 1 aliphatic heterocycles. The number of aliphatic hydroxyl groups is 1. The standard InChI is InChI=1S/C15H22O2/c1-3-11(4-2)9-14(16)13-10-17-15-8-6-5-7-12(13)15/h5-8,11,13-14,16H,3-4,9-10H2,1-2H3. The van der Waals surface area contributed by atoms with Crippen molar-refractivity contribution in [3.8, 4) is 5.75 Å². The van der Waals surface area contributed by atoms with Gasteiger partial charge in [-0.2, -0.15) is 0 Å². The average Bonchev–Trinajstić information content (AvgIpc) is 2.79. The third-order valence-corrected chi connectivity index (χ3v) is 3.93. The molecule has 0 aliphatic carbocycles. The molecule has 2 atom stereocenters. The van der Waals surface area contributed by atoms with Gasteiger partial charge < -0.3 is 9.84 Å². The fourth-order valence-corrected chi connectivity index (χ4v) is 2.63. The smallest absolute Gasteiger partial charge is 0.123 e. The van der Waals surface area contributed by atoms with Crippen LogP contribution >= 0.6 is 0 Å². The number of rotatable bonds is 5. The van der Waals surface area contributed by atoms with Gasteiger partial charge in [0.05, 0.1) is 12.7 Å². The summed E-state index contributed by atoms with van der Waals surface area (Å²) in [5, 5.41) is 10.3. The van der Waals surface area contributed by atoms with Crippen molar-refractivity contribution in [2.24, 2.45) is 5.92 Å². The van der Waals surface area contributed by atoms with Crippen molar-refractivity contribution in [3.05, 3.63) is 29.8 Å². The maximum absolute atomic E-state index is 10.3. The SMILES string of the molecule is CCC(CC)CC(O)C1COc2ccccc21. The van der Waals surface area contributed by atoms with Crippen LogP contribution in [0.5, 0.6) is 5.75 Å². The minimum absolute atomic E-state index is 0.159. The summed E-state index contributed by atoms with van der Waals surface area (Å²) in [7, 11) is 0. The molecule has 1 aliphatic rings. The molecule has 1 aromatic rings. The molecule has 1 heterocycles. The minimum atomic E-state index is -0.274. The topological polar surface area (TPSA) is 29.5 Å². The van der Waals surface area contributed by atoms with Gasteiger partial charge in [-0.15, -0.1) is 0 Å².